The Bertz CT molecular complexity index is 415. The van der Waals surface area contributed by atoms with Crippen LogP contribution >= 0.6 is 0 Å². The minimum absolute atomic E-state index is 0.441. The lowest BCUT2D eigenvalue weighted by Gasteiger charge is -2.14. The van der Waals surface area contributed by atoms with E-state index >= 15 is 0 Å². The summed E-state index contributed by atoms with van der Waals surface area (Å²) in [4.78, 5) is 0. The third-order valence-electron chi connectivity index (χ3n) is 4.46. The maximum Gasteiger partial charge on any atom is 0.130 e. The van der Waals surface area contributed by atoms with Crippen molar-refractivity contribution in [1.29, 1.82) is 0 Å². The second-order valence-corrected chi connectivity index (χ2v) is 6.40. The van der Waals surface area contributed by atoms with Gasteiger partial charge in [-0.3, -0.25) is 0 Å². The molecule has 1 aromatic heterocycles. The zero-order valence-electron chi connectivity index (χ0n) is 12.6. The fourth-order valence-electron chi connectivity index (χ4n) is 2.97. The summed E-state index contributed by atoms with van der Waals surface area (Å²) in [6.45, 7) is 3.62. The molecule has 1 aromatic rings. The van der Waals surface area contributed by atoms with Gasteiger partial charge in [0.15, 0.2) is 0 Å². The van der Waals surface area contributed by atoms with E-state index < -0.39 is 0 Å². The van der Waals surface area contributed by atoms with Gasteiger partial charge in [-0.2, -0.15) is 0 Å². The lowest BCUT2D eigenvalue weighted by molar-refractivity contribution is 0.0215. The van der Waals surface area contributed by atoms with Gasteiger partial charge in [-0.15, -0.1) is 0 Å². The van der Waals surface area contributed by atoms with Gasteiger partial charge >= 0.3 is 0 Å². The summed E-state index contributed by atoms with van der Waals surface area (Å²) in [7, 11) is 0. The minimum Gasteiger partial charge on any atom is -0.462 e. The van der Waals surface area contributed by atoms with Gasteiger partial charge in [0.1, 0.15) is 18.1 Å². The molecule has 0 aromatic carbocycles. The first-order chi connectivity index (χ1) is 9.81. The first-order valence-corrected chi connectivity index (χ1v) is 8.24. The molecule has 0 amide bonds. The average Bonchev–Trinajstić information content (AvgIpc) is 3.23. The van der Waals surface area contributed by atoms with Gasteiger partial charge in [-0.25, -0.2) is 0 Å². The molecule has 3 rings (SSSR count). The number of ether oxygens (including phenoxy) is 1. The zero-order chi connectivity index (χ0) is 13.8. The van der Waals surface area contributed by atoms with Gasteiger partial charge in [0.2, 0.25) is 0 Å². The summed E-state index contributed by atoms with van der Waals surface area (Å²) in [5.74, 6) is 2.07. The Morgan fingerprint density at radius 1 is 1.15 bits per heavy atom. The van der Waals surface area contributed by atoms with Gasteiger partial charge in [-0.1, -0.05) is 25.7 Å². The number of aryl methyl sites for hydroxylation is 1. The van der Waals surface area contributed by atoms with Crippen LogP contribution < -0.4 is 5.32 Å². The molecule has 1 N–H and O–H groups in total. The van der Waals surface area contributed by atoms with Crippen molar-refractivity contribution in [2.45, 2.75) is 83.6 Å². The average molecular weight is 277 g/mol. The quantitative estimate of drug-likeness (QED) is 0.796. The molecule has 0 bridgehead atoms. The maximum atomic E-state index is 6.04. The van der Waals surface area contributed by atoms with Crippen LogP contribution in [-0.2, 0) is 17.9 Å². The third-order valence-corrected chi connectivity index (χ3v) is 4.46. The summed E-state index contributed by atoms with van der Waals surface area (Å²) in [5.41, 5.74) is 1.25. The Kier molecular flexibility index (Phi) is 4.79. The van der Waals surface area contributed by atoms with Gasteiger partial charge in [-0.05, 0) is 44.2 Å². The van der Waals surface area contributed by atoms with E-state index in [0.717, 1.165) is 24.1 Å². The van der Waals surface area contributed by atoms with E-state index in [2.05, 4.69) is 18.3 Å². The molecule has 2 aliphatic rings. The molecular formula is C17H27NO2. The Hall–Kier alpha value is -0.800. The molecule has 0 saturated heterocycles. The van der Waals surface area contributed by atoms with E-state index in [-0.39, 0.29) is 0 Å². The van der Waals surface area contributed by atoms with Gasteiger partial charge in [0.05, 0.1) is 12.6 Å². The highest BCUT2D eigenvalue weighted by atomic mass is 16.5. The molecule has 2 saturated carbocycles. The molecule has 3 nitrogen and oxygen atoms in total. The normalized spacial score (nSPS) is 21.1. The number of hydrogen-bond acceptors (Lipinski definition) is 3. The second kappa shape index (κ2) is 6.77. The van der Waals surface area contributed by atoms with Crippen molar-refractivity contribution < 1.29 is 9.15 Å². The van der Waals surface area contributed by atoms with Crippen LogP contribution in [0.25, 0.3) is 0 Å². The summed E-state index contributed by atoms with van der Waals surface area (Å²) in [6, 6.07) is 2.87. The molecule has 2 aliphatic carbocycles. The molecule has 1 heterocycles. The third kappa shape index (κ3) is 4.10. The Labute approximate surface area is 122 Å². The lowest BCUT2D eigenvalue weighted by Crippen LogP contribution is -2.15. The SMILES string of the molecule is Cc1cc(COC2CCCCCC2)oc1CNC1CC1. The summed E-state index contributed by atoms with van der Waals surface area (Å²) >= 11 is 0. The van der Waals surface area contributed by atoms with E-state index in [1.807, 2.05) is 0 Å². The van der Waals surface area contributed by atoms with Crippen molar-refractivity contribution in [3.05, 3.63) is 23.2 Å². The number of hydrogen-bond donors (Lipinski definition) is 1. The molecule has 20 heavy (non-hydrogen) atoms. The molecule has 0 atom stereocenters. The fourth-order valence-corrected chi connectivity index (χ4v) is 2.97. The number of nitrogens with one attached hydrogen (secondary N) is 1. The van der Waals surface area contributed by atoms with Crippen molar-refractivity contribution in [2.24, 2.45) is 0 Å². The monoisotopic (exact) mass is 277 g/mol. The molecule has 0 radical (unpaired) electrons. The molecule has 2 fully saturated rings. The van der Waals surface area contributed by atoms with Crippen LogP contribution in [0.15, 0.2) is 10.5 Å². The minimum atomic E-state index is 0.441. The van der Waals surface area contributed by atoms with E-state index in [1.165, 1.54) is 56.9 Å². The van der Waals surface area contributed by atoms with Crippen molar-refractivity contribution in [3.63, 3.8) is 0 Å². The number of rotatable bonds is 6. The summed E-state index contributed by atoms with van der Waals surface area (Å²) < 4.78 is 12.0. The highest BCUT2D eigenvalue weighted by molar-refractivity contribution is 5.19. The zero-order valence-corrected chi connectivity index (χ0v) is 12.6. The van der Waals surface area contributed by atoms with Crippen molar-refractivity contribution in [2.75, 3.05) is 0 Å². The van der Waals surface area contributed by atoms with Crippen LogP contribution in [0.1, 0.15) is 68.5 Å². The molecule has 0 unspecified atom stereocenters. The molecular weight excluding hydrogens is 250 g/mol. The second-order valence-electron chi connectivity index (χ2n) is 6.40. The topological polar surface area (TPSA) is 34.4 Å². The molecule has 0 spiro atoms. The predicted octanol–water partition coefficient (Wildman–Crippen LogP) is 4.08. The smallest absolute Gasteiger partial charge is 0.130 e. The van der Waals surface area contributed by atoms with E-state index in [9.17, 15) is 0 Å². The van der Waals surface area contributed by atoms with Crippen LogP contribution in [0.5, 0.6) is 0 Å². The Morgan fingerprint density at radius 3 is 2.60 bits per heavy atom. The van der Waals surface area contributed by atoms with Crippen molar-refractivity contribution >= 4 is 0 Å². The van der Waals surface area contributed by atoms with Crippen LogP contribution in [0, 0.1) is 6.92 Å². The van der Waals surface area contributed by atoms with Crippen molar-refractivity contribution in [1.82, 2.24) is 5.32 Å². The largest absolute Gasteiger partial charge is 0.462 e. The van der Waals surface area contributed by atoms with Crippen LogP contribution in [0.4, 0.5) is 0 Å². The highest BCUT2D eigenvalue weighted by Crippen LogP contribution is 2.23. The molecule has 0 aliphatic heterocycles. The first kappa shape index (κ1) is 14.2. The first-order valence-electron chi connectivity index (χ1n) is 8.24. The van der Waals surface area contributed by atoms with Crippen molar-refractivity contribution in [3.8, 4) is 0 Å². The van der Waals surface area contributed by atoms with Crippen LogP contribution in [0.3, 0.4) is 0 Å². The maximum absolute atomic E-state index is 6.04. The lowest BCUT2D eigenvalue weighted by atomic mass is 10.1. The molecule has 3 heteroatoms. The van der Waals surface area contributed by atoms with Gasteiger partial charge in [0.25, 0.3) is 0 Å². The number of furan rings is 1. The van der Waals surface area contributed by atoms with E-state index in [0.29, 0.717) is 12.7 Å². The summed E-state index contributed by atoms with van der Waals surface area (Å²) in [5, 5.41) is 3.51. The van der Waals surface area contributed by atoms with Gasteiger partial charge < -0.3 is 14.5 Å². The standard InChI is InChI=1S/C17H27NO2/c1-13-10-16(20-17(13)11-18-14-8-9-14)12-19-15-6-4-2-3-5-7-15/h10,14-15,18H,2-9,11-12H2,1H3. The fraction of sp³-hybridized carbons (Fsp3) is 0.765. The Morgan fingerprint density at radius 2 is 1.90 bits per heavy atom. The van der Waals surface area contributed by atoms with E-state index in [4.69, 9.17) is 9.15 Å². The Balaban J connectivity index is 1.47. The van der Waals surface area contributed by atoms with E-state index in [1.54, 1.807) is 0 Å². The van der Waals surface area contributed by atoms with Gasteiger partial charge in [0, 0.05) is 6.04 Å². The van der Waals surface area contributed by atoms with Crippen LogP contribution in [-0.4, -0.2) is 12.1 Å². The predicted molar refractivity (Wildman–Crippen MR) is 79.6 cm³/mol. The highest BCUT2D eigenvalue weighted by Gasteiger charge is 2.21. The summed E-state index contributed by atoms with van der Waals surface area (Å²) in [6.07, 6.45) is 10.9. The van der Waals surface area contributed by atoms with Crippen LogP contribution in [0.2, 0.25) is 0 Å². The molecule has 112 valence electrons.